The highest BCUT2D eigenvalue weighted by Crippen LogP contribution is 2.40. The van der Waals surface area contributed by atoms with Gasteiger partial charge in [-0.2, -0.15) is 5.26 Å². The fraction of sp³-hybridized carbons (Fsp3) is 0.500. The Morgan fingerprint density at radius 1 is 1.25 bits per heavy atom. The van der Waals surface area contributed by atoms with E-state index in [0.29, 0.717) is 6.61 Å². The molecule has 2 heteroatoms. The van der Waals surface area contributed by atoms with Crippen LogP contribution in [0.15, 0.2) is 24.3 Å². The van der Waals surface area contributed by atoms with Gasteiger partial charge in [-0.05, 0) is 37.5 Å². The molecule has 84 valence electrons. The van der Waals surface area contributed by atoms with Crippen molar-refractivity contribution in [2.75, 3.05) is 6.61 Å². The summed E-state index contributed by atoms with van der Waals surface area (Å²) in [7, 11) is 0. The van der Waals surface area contributed by atoms with Crippen LogP contribution in [0.25, 0.3) is 0 Å². The third-order valence-electron chi connectivity index (χ3n) is 3.39. The number of nitrogens with zero attached hydrogens (tertiary/aromatic N) is 1. The Balaban J connectivity index is 2.23. The molecule has 0 bridgehead atoms. The van der Waals surface area contributed by atoms with Gasteiger partial charge in [0.15, 0.2) is 0 Å². The van der Waals surface area contributed by atoms with Crippen molar-refractivity contribution in [1.82, 2.24) is 0 Å². The lowest BCUT2D eigenvalue weighted by atomic mass is 9.80. The third kappa shape index (κ3) is 1.90. The second kappa shape index (κ2) is 4.57. The van der Waals surface area contributed by atoms with Crippen LogP contribution in [0.2, 0.25) is 0 Å². The smallest absolute Gasteiger partial charge is 0.119 e. The van der Waals surface area contributed by atoms with Gasteiger partial charge < -0.3 is 4.74 Å². The topological polar surface area (TPSA) is 33.0 Å². The standard InChI is InChI=1S/C14H17NO/c1-2-16-13-7-5-12(6-8-13)14(11-15)9-3-4-10-14/h5-8H,2-4,9-10H2,1H3. The van der Waals surface area contributed by atoms with Crippen molar-refractivity contribution >= 4 is 0 Å². The summed E-state index contributed by atoms with van der Waals surface area (Å²) in [6, 6.07) is 10.5. The molecule has 1 saturated carbocycles. The van der Waals surface area contributed by atoms with E-state index in [1.807, 2.05) is 31.2 Å². The van der Waals surface area contributed by atoms with Crippen LogP contribution in [0, 0.1) is 11.3 Å². The van der Waals surface area contributed by atoms with Gasteiger partial charge in [0.1, 0.15) is 5.75 Å². The first kappa shape index (κ1) is 11.0. The van der Waals surface area contributed by atoms with E-state index in [0.717, 1.165) is 24.2 Å². The monoisotopic (exact) mass is 215 g/mol. The van der Waals surface area contributed by atoms with Gasteiger partial charge in [0.25, 0.3) is 0 Å². The Bertz CT molecular complexity index is 382. The van der Waals surface area contributed by atoms with Crippen LogP contribution >= 0.6 is 0 Å². The van der Waals surface area contributed by atoms with Gasteiger partial charge in [0, 0.05) is 0 Å². The summed E-state index contributed by atoms with van der Waals surface area (Å²) in [6.45, 7) is 2.66. The molecule has 0 aromatic heterocycles. The Morgan fingerprint density at radius 2 is 1.88 bits per heavy atom. The van der Waals surface area contributed by atoms with E-state index in [9.17, 15) is 5.26 Å². The van der Waals surface area contributed by atoms with Crippen molar-refractivity contribution in [3.63, 3.8) is 0 Å². The molecule has 0 N–H and O–H groups in total. The molecular weight excluding hydrogens is 198 g/mol. The maximum Gasteiger partial charge on any atom is 0.119 e. The van der Waals surface area contributed by atoms with Gasteiger partial charge >= 0.3 is 0 Å². The Morgan fingerprint density at radius 3 is 2.38 bits per heavy atom. The maximum absolute atomic E-state index is 9.36. The summed E-state index contributed by atoms with van der Waals surface area (Å²) in [5.74, 6) is 0.886. The van der Waals surface area contributed by atoms with Crippen LogP contribution < -0.4 is 4.74 Å². The number of benzene rings is 1. The molecule has 0 amide bonds. The van der Waals surface area contributed by atoms with Crippen molar-refractivity contribution in [2.24, 2.45) is 0 Å². The first-order chi connectivity index (χ1) is 7.80. The Hall–Kier alpha value is -1.49. The molecule has 1 aromatic carbocycles. The van der Waals surface area contributed by atoms with Crippen molar-refractivity contribution in [1.29, 1.82) is 5.26 Å². The molecule has 0 spiro atoms. The maximum atomic E-state index is 9.36. The summed E-state index contributed by atoms with van der Waals surface area (Å²) in [6.07, 6.45) is 4.33. The van der Waals surface area contributed by atoms with Gasteiger partial charge in [-0.3, -0.25) is 0 Å². The van der Waals surface area contributed by atoms with E-state index >= 15 is 0 Å². The van der Waals surface area contributed by atoms with Crippen LogP contribution in [0.5, 0.6) is 5.75 Å². The molecule has 1 aliphatic rings. The normalized spacial score (nSPS) is 18.0. The molecule has 1 aromatic rings. The van der Waals surface area contributed by atoms with Gasteiger partial charge in [-0.1, -0.05) is 25.0 Å². The minimum absolute atomic E-state index is 0.231. The van der Waals surface area contributed by atoms with Gasteiger partial charge in [-0.15, -0.1) is 0 Å². The molecule has 0 unspecified atom stereocenters. The van der Waals surface area contributed by atoms with Crippen LogP contribution in [0.4, 0.5) is 0 Å². The SMILES string of the molecule is CCOc1ccc(C2(C#N)CCCC2)cc1. The minimum atomic E-state index is -0.231. The molecular formula is C14H17NO. The highest BCUT2D eigenvalue weighted by Gasteiger charge is 2.35. The minimum Gasteiger partial charge on any atom is -0.494 e. The van der Waals surface area contributed by atoms with E-state index in [2.05, 4.69) is 6.07 Å². The number of rotatable bonds is 3. The van der Waals surface area contributed by atoms with Crippen molar-refractivity contribution in [3.8, 4) is 11.8 Å². The highest BCUT2D eigenvalue weighted by molar-refractivity contribution is 5.37. The van der Waals surface area contributed by atoms with Crippen molar-refractivity contribution < 1.29 is 4.74 Å². The van der Waals surface area contributed by atoms with Crippen LogP contribution in [-0.2, 0) is 5.41 Å². The van der Waals surface area contributed by atoms with E-state index in [1.54, 1.807) is 0 Å². The van der Waals surface area contributed by atoms with Crippen molar-refractivity contribution in [2.45, 2.75) is 38.0 Å². The lowest BCUT2D eigenvalue weighted by molar-refractivity contribution is 0.340. The number of hydrogen-bond donors (Lipinski definition) is 0. The Kier molecular flexibility index (Phi) is 3.14. The molecule has 0 aliphatic heterocycles. The lowest BCUT2D eigenvalue weighted by Crippen LogP contribution is -2.18. The molecule has 0 radical (unpaired) electrons. The number of ether oxygens (including phenoxy) is 1. The molecule has 2 rings (SSSR count). The van der Waals surface area contributed by atoms with E-state index in [1.165, 1.54) is 12.8 Å². The average molecular weight is 215 g/mol. The third-order valence-corrected chi connectivity index (χ3v) is 3.39. The summed E-state index contributed by atoms with van der Waals surface area (Å²) >= 11 is 0. The average Bonchev–Trinajstić information content (AvgIpc) is 2.80. The predicted molar refractivity (Wildman–Crippen MR) is 63.4 cm³/mol. The quantitative estimate of drug-likeness (QED) is 0.774. The Labute approximate surface area is 96.9 Å². The van der Waals surface area contributed by atoms with Gasteiger partial charge in [0.2, 0.25) is 0 Å². The zero-order valence-corrected chi connectivity index (χ0v) is 9.70. The molecule has 0 saturated heterocycles. The van der Waals surface area contributed by atoms with E-state index in [-0.39, 0.29) is 5.41 Å². The largest absolute Gasteiger partial charge is 0.494 e. The van der Waals surface area contributed by atoms with Gasteiger partial charge in [-0.25, -0.2) is 0 Å². The molecule has 1 aliphatic carbocycles. The highest BCUT2D eigenvalue weighted by atomic mass is 16.5. The first-order valence-corrected chi connectivity index (χ1v) is 5.95. The molecule has 1 fully saturated rings. The van der Waals surface area contributed by atoms with E-state index in [4.69, 9.17) is 4.74 Å². The first-order valence-electron chi connectivity index (χ1n) is 5.95. The zero-order valence-electron chi connectivity index (χ0n) is 9.70. The number of nitriles is 1. The summed E-state index contributed by atoms with van der Waals surface area (Å²) < 4.78 is 5.41. The fourth-order valence-corrected chi connectivity index (χ4v) is 2.48. The van der Waals surface area contributed by atoms with Crippen LogP contribution in [0.1, 0.15) is 38.2 Å². The van der Waals surface area contributed by atoms with Crippen LogP contribution in [0.3, 0.4) is 0 Å². The zero-order chi connectivity index (χ0) is 11.4. The van der Waals surface area contributed by atoms with Crippen LogP contribution in [-0.4, -0.2) is 6.61 Å². The summed E-state index contributed by atoms with van der Waals surface area (Å²) in [5, 5.41) is 9.36. The van der Waals surface area contributed by atoms with E-state index < -0.39 is 0 Å². The fourth-order valence-electron chi connectivity index (χ4n) is 2.48. The lowest BCUT2D eigenvalue weighted by Gasteiger charge is -2.20. The van der Waals surface area contributed by atoms with Gasteiger partial charge in [0.05, 0.1) is 18.1 Å². The molecule has 0 heterocycles. The number of hydrogen-bond acceptors (Lipinski definition) is 2. The summed E-state index contributed by atoms with van der Waals surface area (Å²) in [5.41, 5.74) is 0.918. The molecule has 2 nitrogen and oxygen atoms in total. The molecule has 0 atom stereocenters. The predicted octanol–water partition coefficient (Wildman–Crippen LogP) is 3.42. The molecule has 16 heavy (non-hydrogen) atoms. The second-order valence-electron chi connectivity index (χ2n) is 4.36. The van der Waals surface area contributed by atoms with Crippen molar-refractivity contribution in [3.05, 3.63) is 29.8 Å². The second-order valence-corrected chi connectivity index (χ2v) is 4.36. The summed E-state index contributed by atoms with van der Waals surface area (Å²) in [4.78, 5) is 0.